The van der Waals surface area contributed by atoms with Crippen molar-refractivity contribution >= 4 is 11.8 Å². The highest BCUT2D eigenvalue weighted by atomic mass is 16.3. The Hall–Kier alpha value is -2.14. The average Bonchev–Trinajstić information content (AvgIpc) is 2.73. The minimum absolute atomic E-state index is 0.0323. The molecule has 0 saturated heterocycles. The quantitative estimate of drug-likeness (QED) is 0.831. The molecule has 124 valence electrons. The number of β-amino-alcohol motifs (C(OH)–C–C–N with tert-alkyl or cyclic N) is 1. The van der Waals surface area contributed by atoms with Crippen LogP contribution >= 0.6 is 0 Å². The minimum atomic E-state index is -0.848. The molecule has 5 heteroatoms. The molecule has 1 heterocycles. The molecule has 0 bridgehead atoms. The Morgan fingerprint density at radius 1 is 1.13 bits per heavy atom. The second-order valence-electron chi connectivity index (χ2n) is 7.04. The van der Waals surface area contributed by atoms with Crippen LogP contribution in [-0.4, -0.2) is 39.6 Å². The van der Waals surface area contributed by atoms with Gasteiger partial charge in [0, 0.05) is 18.6 Å². The zero-order valence-electron chi connectivity index (χ0n) is 14.0. The summed E-state index contributed by atoms with van der Waals surface area (Å²) in [6.07, 6.45) is 1.87. The molecule has 2 amide bonds. The maximum atomic E-state index is 11.5. The van der Waals surface area contributed by atoms with E-state index in [0.29, 0.717) is 6.42 Å². The number of phenolic OH excluding ortho intramolecular Hbond substituents is 1. The van der Waals surface area contributed by atoms with Crippen molar-refractivity contribution in [3.8, 4) is 5.75 Å². The molecule has 1 aliphatic heterocycles. The highest BCUT2D eigenvalue weighted by molar-refractivity contribution is 6.12. The molecule has 0 saturated carbocycles. The van der Waals surface area contributed by atoms with Crippen LogP contribution in [0.25, 0.3) is 0 Å². The van der Waals surface area contributed by atoms with Gasteiger partial charge in [0.2, 0.25) is 0 Å². The van der Waals surface area contributed by atoms with Crippen LogP contribution in [0.2, 0.25) is 0 Å². The maximum Gasteiger partial charge on any atom is 0.253 e. The number of rotatable bonds is 4. The van der Waals surface area contributed by atoms with Gasteiger partial charge in [-0.3, -0.25) is 14.5 Å². The Labute approximate surface area is 136 Å². The van der Waals surface area contributed by atoms with Crippen molar-refractivity contribution in [3.63, 3.8) is 0 Å². The third-order valence-electron chi connectivity index (χ3n) is 3.93. The number of aromatic hydroxyl groups is 1. The Balaban J connectivity index is 2.15. The van der Waals surface area contributed by atoms with Crippen LogP contribution in [0, 0.1) is 6.92 Å². The van der Waals surface area contributed by atoms with Gasteiger partial charge in [0.1, 0.15) is 5.75 Å². The van der Waals surface area contributed by atoms with Crippen molar-refractivity contribution in [2.45, 2.75) is 45.6 Å². The van der Waals surface area contributed by atoms with Gasteiger partial charge in [0.05, 0.1) is 12.6 Å². The van der Waals surface area contributed by atoms with Gasteiger partial charge in [0.15, 0.2) is 0 Å². The Morgan fingerprint density at radius 3 is 2.22 bits per heavy atom. The van der Waals surface area contributed by atoms with Crippen molar-refractivity contribution in [1.29, 1.82) is 0 Å². The van der Waals surface area contributed by atoms with Crippen molar-refractivity contribution in [1.82, 2.24) is 4.90 Å². The van der Waals surface area contributed by atoms with Gasteiger partial charge in [-0.1, -0.05) is 32.9 Å². The molecule has 0 fully saturated rings. The second-order valence-corrected chi connectivity index (χ2v) is 7.04. The second kappa shape index (κ2) is 6.16. The Bertz CT molecular complexity index is 652. The van der Waals surface area contributed by atoms with E-state index in [-0.39, 0.29) is 17.7 Å². The minimum Gasteiger partial charge on any atom is -0.507 e. The van der Waals surface area contributed by atoms with Crippen LogP contribution in [0.3, 0.4) is 0 Å². The van der Waals surface area contributed by atoms with E-state index in [4.69, 9.17) is 0 Å². The number of amides is 2. The van der Waals surface area contributed by atoms with E-state index in [2.05, 4.69) is 0 Å². The molecule has 1 aromatic carbocycles. The van der Waals surface area contributed by atoms with E-state index < -0.39 is 17.9 Å². The number of aliphatic hydroxyl groups is 1. The zero-order valence-corrected chi connectivity index (χ0v) is 14.0. The van der Waals surface area contributed by atoms with Crippen molar-refractivity contribution < 1.29 is 19.8 Å². The third kappa shape index (κ3) is 3.79. The number of aliphatic hydroxyl groups excluding tert-OH is 1. The molecule has 2 rings (SSSR count). The van der Waals surface area contributed by atoms with Crippen LogP contribution in [0.5, 0.6) is 5.75 Å². The van der Waals surface area contributed by atoms with Crippen LogP contribution in [0.1, 0.15) is 37.5 Å². The summed E-state index contributed by atoms with van der Waals surface area (Å²) < 4.78 is 0. The number of carbonyl (C=O) groups excluding carboxylic acids is 2. The number of nitrogens with zero attached hydrogens (tertiary/aromatic N) is 1. The first-order valence-corrected chi connectivity index (χ1v) is 7.64. The number of hydrogen-bond acceptors (Lipinski definition) is 4. The molecule has 1 aromatic rings. The molecule has 1 aliphatic rings. The number of aryl methyl sites for hydroxylation is 1. The van der Waals surface area contributed by atoms with Gasteiger partial charge < -0.3 is 10.2 Å². The first kappa shape index (κ1) is 17.2. The van der Waals surface area contributed by atoms with Gasteiger partial charge in [-0.05, 0) is 29.0 Å². The molecule has 0 aliphatic carbocycles. The van der Waals surface area contributed by atoms with Gasteiger partial charge in [-0.15, -0.1) is 0 Å². The predicted octanol–water partition coefficient (Wildman–Crippen LogP) is 1.83. The van der Waals surface area contributed by atoms with Gasteiger partial charge in [-0.25, -0.2) is 0 Å². The third-order valence-corrected chi connectivity index (χ3v) is 3.93. The Morgan fingerprint density at radius 2 is 1.70 bits per heavy atom. The highest BCUT2D eigenvalue weighted by Gasteiger charge is 2.26. The molecule has 2 N–H and O–H groups in total. The SMILES string of the molecule is Cc1cc(CC(O)CN2C(=O)C=CC2=O)cc(C(C)(C)C)c1O. The summed E-state index contributed by atoms with van der Waals surface area (Å²) >= 11 is 0. The van der Waals surface area contributed by atoms with E-state index in [9.17, 15) is 19.8 Å². The molecule has 1 atom stereocenters. The fraction of sp³-hybridized carbons (Fsp3) is 0.444. The van der Waals surface area contributed by atoms with Crippen molar-refractivity contribution in [2.24, 2.45) is 0 Å². The summed E-state index contributed by atoms with van der Waals surface area (Å²) in [6.45, 7) is 7.81. The Kier molecular flexibility index (Phi) is 4.61. The van der Waals surface area contributed by atoms with E-state index in [1.54, 1.807) is 0 Å². The van der Waals surface area contributed by atoms with Crippen LogP contribution < -0.4 is 0 Å². The number of carbonyl (C=O) groups is 2. The van der Waals surface area contributed by atoms with Gasteiger partial charge in [0.25, 0.3) is 11.8 Å². The topological polar surface area (TPSA) is 77.8 Å². The molecule has 0 spiro atoms. The number of imide groups is 1. The molecule has 1 unspecified atom stereocenters. The van der Waals surface area contributed by atoms with E-state index in [0.717, 1.165) is 21.6 Å². The van der Waals surface area contributed by atoms with Gasteiger partial charge in [-0.2, -0.15) is 0 Å². The summed E-state index contributed by atoms with van der Waals surface area (Å²) in [5.74, 6) is -0.525. The van der Waals surface area contributed by atoms with E-state index in [1.807, 2.05) is 39.8 Å². The van der Waals surface area contributed by atoms with E-state index in [1.165, 1.54) is 12.2 Å². The average molecular weight is 317 g/mol. The van der Waals surface area contributed by atoms with Crippen molar-refractivity contribution in [2.75, 3.05) is 6.54 Å². The highest BCUT2D eigenvalue weighted by Crippen LogP contribution is 2.34. The van der Waals surface area contributed by atoms with Gasteiger partial charge >= 0.3 is 0 Å². The molecular formula is C18H23NO4. The lowest BCUT2D eigenvalue weighted by molar-refractivity contribution is -0.138. The van der Waals surface area contributed by atoms with Crippen LogP contribution in [-0.2, 0) is 21.4 Å². The monoisotopic (exact) mass is 317 g/mol. The lowest BCUT2D eigenvalue weighted by atomic mass is 9.83. The largest absolute Gasteiger partial charge is 0.507 e. The zero-order chi connectivity index (χ0) is 17.4. The number of phenols is 1. The van der Waals surface area contributed by atoms with E-state index >= 15 is 0 Å². The summed E-state index contributed by atoms with van der Waals surface area (Å²) in [4.78, 5) is 24.1. The smallest absolute Gasteiger partial charge is 0.253 e. The normalized spacial score (nSPS) is 16.3. The molecule has 5 nitrogen and oxygen atoms in total. The molecule has 0 aromatic heterocycles. The number of hydrogen-bond donors (Lipinski definition) is 2. The van der Waals surface area contributed by atoms with Crippen LogP contribution in [0.4, 0.5) is 0 Å². The molecule has 23 heavy (non-hydrogen) atoms. The molecule has 0 radical (unpaired) electrons. The summed E-state index contributed by atoms with van der Waals surface area (Å²) in [6, 6.07) is 3.69. The van der Waals surface area contributed by atoms with Crippen LogP contribution in [0.15, 0.2) is 24.3 Å². The predicted molar refractivity (Wildman–Crippen MR) is 87.1 cm³/mol. The van der Waals surface area contributed by atoms with Crippen molar-refractivity contribution in [3.05, 3.63) is 41.0 Å². The lowest BCUT2D eigenvalue weighted by Crippen LogP contribution is -2.37. The number of benzene rings is 1. The fourth-order valence-corrected chi connectivity index (χ4v) is 2.70. The standard InChI is InChI=1S/C18H23NO4/c1-11-7-12(9-14(17(11)23)18(2,3)4)8-13(20)10-19-15(21)5-6-16(19)22/h5-7,9,13,20,23H,8,10H2,1-4H3. The summed E-state index contributed by atoms with van der Waals surface area (Å²) in [5, 5.41) is 20.4. The first-order chi connectivity index (χ1) is 10.6. The summed E-state index contributed by atoms with van der Waals surface area (Å²) in [7, 11) is 0. The first-order valence-electron chi connectivity index (χ1n) is 7.64. The lowest BCUT2D eigenvalue weighted by Gasteiger charge is -2.24. The summed E-state index contributed by atoms with van der Waals surface area (Å²) in [5.41, 5.74) is 2.20. The fourth-order valence-electron chi connectivity index (χ4n) is 2.70. The maximum absolute atomic E-state index is 11.5. The molecular weight excluding hydrogens is 294 g/mol.